The fourth-order valence-corrected chi connectivity index (χ4v) is 5.06. The number of carbonyl (C=O) groups excluding carboxylic acids is 2. The zero-order chi connectivity index (χ0) is 19.8. The lowest BCUT2D eigenvalue weighted by atomic mass is 9.86. The summed E-state index contributed by atoms with van der Waals surface area (Å²) in [6.07, 6.45) is 7.70. The van der Waals surface area contributed by atoms with E-state index in [1.165, 1.54) is 19.3 Å². The smallest absolute Gasteiger partial charge is 0.306 e. The van der Waals surface area contributed by atoms with E-state index in [1.807, 2.05) is 36.4 Å². The second kappa shape index (κ2) is 7.65. The molecule has 3 saturated carbocycles. The van der Waals surface area contributed by atoms with E-state index in [-0.39, 0.29) is 18.5 Å². The lowest BCUT2D eigenvalue weighted by Gasteiger charge is -2.20. The summed E-state index contributed by atoms with van der Waals surface area (Å²) in [6.45, 7) is -0.252. The lowest BCUT2D eigenvalue weighted by molar-refractivity contribution is -0.148. The molecule has 1 aromatic carbocycles. The third-order valence-corrected chi connectivity index (χ3v) is 6.67. The molecular weight excluding hydrogens is 366 g/mol. The van der Waals surface area contributed by atoms with E-state index in [4.69, 9.17) is 4.74 Å². The van der Waals surface area contributed by atoms with Crippen LogP contribution in [0, 0.1) is 17.8 Å². The van der Waals surface area contributed by atoms with Crippen LogP contribution in [0.2, 0.25) is 0 Å². The van der Waals surface area contributed by atoms with E-state index in [0.717, 1.165) is 36.6 Å². The van der Waals surface area contributed by atoms with Crippen LogP contribution in [0.5, 0.6) is 0 Å². The zero-order valence-corrected chi connectivity index (χ0v) is 16.5. The van der Waals surface area contributed by atoms with Crippen LogP contribution >= 0.6 is 0 Å². The van der Waals surface area contributed by atoms with Crippen LogP contribution < -0.4 is 5.32 Å². The predicted octanol–water partition coefficient (Wildman–Crippen LogP) is 4.06. The van der Waals surface area contributed by atoms with E-state index >= 15 is 0 Å². The first-order valence-corrected chi connectivity index (χ1v) is 10.8. The Morgan fingerprint density at radius 1 is 1.10 bits per heavy atom. The molecule has 3 fully saturated rings. The van der Waals surface area contributed by atoms with Crippen molar-refractivity contribution in [1.29, 1.82) is 0 Å². The van der Waals surface area contributed by atoms with Crippen LogP contribution in [0.25, 0.3) is 5.69 Å². The average molecular weight is 393 g/mol. The van der Waals surface area contributed by atoms with Crippen molar-refractivity contribution in [2.24, 2.45) is 17.8 Å². The van der Waals surface area contributed by atoms with Crippen molar-refractivity contribution in [3.63, 3.8) is 0 Å². The quantitative estimate of drug-likeness (QED) is 0.720. The summed E-state index contributed by atoms with van der Waals surface area (Å²) in [5.41, 5.74) is 1.89. The zero-order valence-electron chi connectivity index (χ0n) is 16.5. The number of fused-ring (bicyclic) bond motifs is 2. The molecule has 0 spiro atoms. The van der Waals surface area contributed by atoms with Gasteiger partial charge in [0.15, 0.2) is 6.61 Å². The number of anilines is 1. The van der Waals surface area contributed by atoms with Gasteiger partial charge in [-0.15, -0.1) is 0 Å². The molecule has 1 aromatic heterocycles. The molecule has 29 heavy (non-hydrogen) atoms. The molecule has 6 heteroatoms. The van der Waals surface area contributed by atoms with Crippen molar-refractivity contribution in [3.8, 4) is 5.69 Å². The number of rotatable bonds is 7. The van der Waals surface area contributed by atoms with E-state index in [9.17, 15) is 9.59 Å². The topological polar surface area (TPSA) is 73.2 Å². The number of benzene rings is 1. The van der Waals surface area contributed by atoms with Gasteiger partial charge in [0, 0.05) is 18.4 Å². The molecule has 3 atom stereocenters. The normalized spacial score (nSPS) is 25.2. The van der Waals surface area contributed by atoms with Crippen LogP contribution in [0.1, 0.15) is 56.6 Å². The third-order valence-electron chi connectivity index (χ3n) is 6.67. The van der Waals surface area contributed by atoms with Crippen LogP contribution in [-0.2, 0) is 14.3 Å². The van der Waals surface area contributed by atoms with Gasteiger partial charge in [-0.2, -0.15) is 5.10 Å². The summed E-state index contributed by atoms with van der Waals surface area (Å²) in [5.74, 6) is 2.45. The summed E-state index contributed by atoms with van der Waals surface area (Å²) >= 11 is 0. The molecule has 2 bridgehead atoms. The average Bonchev–Trinajstić information content (AvgIpc) is 3.16. The van der Waals surface area contributed by atoms with Crippen molar-refractivity contribution >= 4 is 17.7 Å². The molecule has 2 aromatic rings. The van der Waals surface area contributed by atoms with Crippen LogP contribution in [0.3, 0.4) is 0 Å². The van der Waals surface area contributed by atoms with E-state index < -0.39 is 0 Å². The molecule has 3 aliphatic rings. The Bertz CT molecular complexity index is 903. The van der Waals surface area contributed by atoms with Crippen molar-refractivity contribution in [3.05, 3.63) is 42.1 Å². The number of hydrogen-bond donors (Lipinski definition) is 1. The van der Waals surface area contributed by atoms with Gasteiger partial charge in [-0.25, -0.2) is 4.68 Å². The highest BCUT2D eigenvalue weighted by atomic mass is 16.5. The van der Waals surface area contributed by atoms with Gasteiger partial charge in [-0.3, -0.25) is 9.59 Å². The lowest BCUT2D eigenvalue weighted by Crippen LogP contribution is -2.24. The Hall–Kier alpha value is -2.63. The Morgan fingerprint density at radius 2 is 1.93 bits per heavy atom. The van der Waals surface area contributed by atoms with Gasteiger partial charge in [0.25, 0.3) is 5.91 Å². The number of ether oxygens (including phenoxy) is 1. The molecule has 1 N–H and O–H groups in total. The van der Waals surface area contributed by atoms with Gasteiger partial charge in [-0.05, 0) is 62.0 Å². The van der Waals surface area contributed by atoms with E-state index in [1.54, 1.807) is 4.68 Å². The van der Waals surface area contributed by atoms with Gasteiger partial charge >= 0.3 is 5.97 Å². The highest BCUT2D eigenvalue weighted by Crippen LogP contribution is 2.49. The Morgan fingerprint density at radius 3 is 2.62 bits per heavy atom. The highest BCUT2D eigenvalue weighted by Gasteiger charge is 2.40. The minimum Gasteiger partial charge on any atom is -0.456 e. The molecule has 0 saturated heterocycles. The number of nitrogens with zero attached hydrogens (tertiary/aromatic N) is 2. The number of aromatic nitrogens is 2. The fourth-order valence-electron chi connectivity index (χ4n) is 5.06. The van der Waals surface area contributed by atoms with Gasteiger partial charge in [0.05, 0.1) is 11.4 Å². The second-order valence-corrected chi connectivity index (χ2v) is 8.82. The van der Waals surface area contributed by atoms with Crippen LogP contribution in [0.4, 0.5) is 5.82 Å². The molecule has 6 nitrogen and oxygen atoms in total. The summed E-state index contributed by atoms with van der Waals surface area (Å²) < 4.78 is 7.03. The van der Waals surface area contributed by atoms with Gasteiger partial charge in [0.1, 0.15) is 5.82 Å². The number of hydrogen-bond acceptors (Lipinski definition) is 4. The SMILES string of the molecule is O=C(COC(=O)CC1CC2CCC1C2)Nc1cc(C2CC2)nn1-c1ccccc1. The van der Waals surface area contributed by atoms with Gasteiger partial charge < -0.3 is 10.1 Å². The Labute approximate surface area is 170 Å². The summed E-state index contributed by atoms with van der Waals surface area (Å²) in [4.78, 5) is 24.6. The molecule has 0 radical (unpaired) electrons. The largest absolute Gasteiger partial charge is 0.456 e. The maximum atomic E-state index is 12.4. The van der Waals surface area contributed by atoms with E-state index in [2.05, 4.69) is 10.4 Å². The Balaban J connectivity index is 1.19. The van der Waals surface area contributed by atoms with Crippen molar-refractivity contribution in [2.45, 2.75) is 50.9 Å². The fraction of sp³-hybridized carbons (Fsp3) is 0.522. The van der Waals surface area contributed by atoms with Gasteiger partial charge in [-0.1, -0.05) is 24.6 Å². The van der Waals surface area contributed by atoms with Gasteiger partial charge in [0.2, 0.25) is 0 Å². The van der Waals surface area contributed by atoms with E-state index in [0.29, 0.717) is 30.0 Å². The van der Waals surface area contributed by atoms with Crippen molar-refractivity contribution in [2.75, 3.05) is 11.9 Å². The number of carbonyl (C=O) groups is 2. The number of nitrogens with one attached hydrogen (secondary N) is 1. The maximum absolute atomic E-state index is 12.4. The number of amides is 1. The summed E-state index contributed by atoms with van der Waals surface area (Å²) in [5, 5.41) is 7.55. The minimum atomic E-state index is -0.328. The Kier molecular flexibility index (Phi) is 4.86. The molecule has 0 aliphatic heterocycles. The first kappa shape index (κ1) is 18.4. The monoisotopic (exact) mass is 393 g/mol. The molecule has 1 amide bonds. The summed E-state index contributed by atoms with van der Waals surface area (Å²) in [6, 6.07) is 11.7. The van der Waals surface area contributed by atoms with Crippen molar-refractivity contribution < 1.29 is 14.3 Å². The van der Waals surface area contributed by atoms with Crippen LogP contribution in [-0.4, -0.2) is 28.3 Å². The maximum Gasteiger partial charge on any atom is 0.306 e. The molecule has 3 aliphatic carbocycles. The number of esters is 1. The van der Waals surface area contributed by atoms with Crippen molar-refractivity contribution in [1.82, 2.24) is 9.78 Å². The predicted molar refractivity (Wildman–Crippen MR) is 109 cm³/mol. The third kappa shape index (κ3) is 4.07. The first-order valence-electron chi connectivity index (χ1n) is 10.8. The molecule has 5 rings (SSSR count). The molecule has 3 unspecified atom stereocenters. The van der Waals surface area contributed by atoms with Crippen LogP contribution in [0.15, 0.2) is 36.4 Å². The summed E-state index contributed by atoms with van der Waals surface area (Å²) in [7, 11) is 0. The highest BCUT2D eigenvalue weighted by molar-refractivity contribution is 5.92. The first-order chi connectivity index (χ1) is 14.2. The molecule has 152 valence electrons. The minimum absolute atomic E-state index is 0.252. The standard InChI is InChI=1S/C23H27N3O3/c27-22(14-29-23(28)12-18-11-15-6-7-17(18)10-15)24-21-13-20(16-8-9-16)25-26(21)19-4-2-1-3-5-19/h1-5,13,15-18H,6-12,14H2,(H,24,27). The molecule has 1 heterocycles. The molecular formula is C23H27N3O3. The number of para-hydroxylation sites is 1. The second-order valence-electron chi connectivity index (χ2n) is 8.82.